The predicted molar refractivity (Wildman–Crippen MR) is 74.0 cm³/mol. The summed E-state index contributed by atoms with van der Waals surface area (Å²) in [6, 6.07) is 3.88. The third kappa shape index (κ3) is 2.07. The van der Waals surface area contributed by atoms with Gasteiger partial charge >= 0.3 is 0 Å². The second kappa shape index (κ2) is 4.59. The Morgan fingerprint density at radius 2 is 2.06 bits per heavy atom. The van der Waals surface area contributed by atoms with E-state index in [9.17, 15) is 0 Å². The lowest BCUT2D eigenvalue weighted by Crippen LogP contribution is -2.43. The van der Waals surface area contributed by atoms with Crippen LogP contribution >= 0.6 is 11.6 Å². The first-order chi connectivity index (χ1) is 8.74. The van der Waals surface area contributed by atoms with Crippen LogP contribution in [0.15, 0.2) is 18.3 Å². The molecule has 1 fully saturated rings. The Labute approximate surface area is 110 Å². The van der Waals surface area contributed by atoms with Crippen molar-refractivity contribution in [1.82, 2.24) is 15.3 Å². The lowest BCUT2D eigenvalue weighted by Gasteiger charge is -2.30. The van der Waals surface area contributed by atoms with Crippen LogP contribution < -0.4 is 16.0 Å². The molecule has 0 aliphatic carbocycles. The van der Waals surface area contributed by atoms with Gasteiger partial charge in [-0.25, -0.2) is 9.97 Å². The van der Waals surface area contributed by atoms with Crippen molar-refractivity contribution < 1.29 is 0 Å². The summed E-state index contributed by atoms with van der Waals surface area (Å²) < 4.78 is 0. The van der Waals surface area contributed by atoms with Crippen molar-refractivity contribution in [3.8, 4) is 0 Å². The van der Waals surface area contributed by atoms with Crippen LogP contribution in [-0.4, -0.2) is 36.1 Å². The minimum absolute atomic E-state index is 0.288. The highest BCUT2D eigenvalue weighted by molar-refractivity contribution is 6.34. The standard InChI is InChI=1S/C12H14ClN5/c13-9-5-8-7-16-12(14)17-10(8)6-11(9)18-3-1-15-2-4-18/h5-7,15H,1-4H2,(H2,14,16,17). The van der Waals surface area contributed by atoms with Gasteiger partial charge in [0.15, 0.2) is 0 Å². The van der Waals surface area contributed by atoms with Crippen LogP contribution in [0.4, 0.5) is 11.6 Å². The van der Waals surface area contributed by atoms with Crippen LogP contribution in [0.2, 0.25) is 5.02 Å². The van der Waals surface area contributed by atoms with Crippen LogP contribution in [-0.2, 0) is 0 Å². The van der Waals surface area contributed by atoms with E-state index >= 15 is 0 Å². The lowest BCUT2D eigenvalue weighted by atomic mass is 10.2. The Bertz CT molecular complexity index is 580. The van der Waals surface area contributed by atoms with Gasteiger partial charge in [-0.05, 0) is 12.1 Å². The van der Waals surface area contributed by atoms with Crippen molar-refractivity contribution in [2.45, 2.75) is 0 Å². The molecule has 0 amide bonds. The van der Waals surface area contributed by atoms with Crippen molar-refractivity contribution in [3.05, 3.63) is 23.4 Å². The molecular formula is C12H14ClN5. The number of hydrogen-bond donors (Lipinski definition) is 2. The van der Waals surface area contributed by atoms with E-state index in [4.69, 9.17) is 17.3 Å². The van der Waals surface area contributed by atoms with E-state index in [1.807, 2.05) is 12.1 Å². The topological polar surface area (TPSA) is 67.1 Å². The fourth-order valence-corrected chi connectivity index (χ4v) is 2.49. The Morgan fingerprint density at radius 3 is 2.83 bits per heavy atom. The number of nitrogen functional groups attached to an aromatic ring is 1. The highest BCUT2D eigenvalue weighted by Crippen LogP contribution is 2.30. The molecule has 18 heavy (non-hydrogen) atoms. The van der Waals surface area contributed by atoms with Crippen LogP contribution in [0, 0.1) is 0 Å². The van der Waals surface area contributed by atoms with Crippen LogP contribution in [0.5, 0.6) is 0 Å². The average molecular weight is 264 g/mol. The zero-order chi connectivity index (χ0) is 12.5. The van der Waals surface area contributed by atoms with Crippen LogP contribution in [0.25, 0.3) is 10.9 Å². The Balaban J connectivity index is 2.07. The number of piperazine rings is 1. The van der Waals surface area contributed by atoms with E-state index in [2.05, 4.69) is 20.2 Å². The molecule has 0 unspecified atom stereocenters. The van der Waals surface area contributed by atoms with Gasteiger partial charge in [-0.2, -0.15) is 0 Å². The van der Waals surface area contributed by atoms with Crippen molar-refractivity contribution in [2.24, 2.45) is 0 Å². The van der Waals surface area contributed by atoms with Gasteiger partial charge < -0.3 is 16.0 Å². The molecule has 1 saturated heterocycles. The summed E-state index contributed by atoms with van der Waals surface area (Å²) >= 11 is 6.33. The fraction of sp³-hybridized carbons (Fsp3) is 0.333. The van der Waals surface area contributed by atoms with Gasteiger partial charge in [0.25, 0.3) is 0 Å². The minimum atomic E-state index is 0.288. The Hall–Kier alpha value is -1.59. The molecule has 3 rings (SSSR count). The molecule has 0 saturated carbocycles. The molecule has 0 spiro atoms. The van der Waals surface area contributed by atoms with E-state index < -0.39 is 0 Å². The number of anilines is 2. The molecule has 3 N–H and O–H groups in total. The Kier molecular flexibility index (Phi) is 2.93. The molecule has 2 aromatic rings. The average Bonchev–Trinajstić information content (AvgIpc) is 2.39. The zero-order valence-corrected chi connectivity index (χ0v) is 10.6. The summed E-state index contributed by atoms with van der Waals surface area (Å²) in [5.41, 5.74) is 7.46. The Morgan fingerprint density at radius 1 is 1.28 bits per heavy atom. The highest BCUT2D eigenvalue weighted by Gasteiger charge is 2.14. The maximum absolute atomic E-state index is 6.33. The molecule has 2 heterocycles. The molecule has 94 valence electrons. The number of nitrogens with one attached hydrogen (secondary N) is 1. The van der Waals surface area contributed by atoms with Gasteiger partial charge in [0.2, 0.25) is 5.95 Å². The van der Waals surface area contributed by atoms with Crippen molar-refractivity contribution in [1.29, 1.82) is 0 Å². The van der Waals surface area contributed by atoms with Gasteiger partial charge in [0.1, 0.15) is 0 Å². The maximum atomic E-state index is 6.33. The number of halogens is 1. The second-order valence-electron chi connectivity index (χ2n) is 4.33. The first kappa shape index (κ1) is 11.5. The summed E-state index contributed by atoms with van der Waals surface area (Å²) in [4.78, 5) is 10.5. The number of hydrogen-bond acceptors (Lipinski definition) is 5. The molecule has 0 bridgehead atoms. The van der Waals surface area contributed by atoms with Crippen molar-refractivity contribution in [3.63, 3.8) is 0 Å². The van der Waals surface area contributed by atoms with Gasteiger partial charge in [-0.1, -0.05) is 11.6 Å². The fourth-order valence-electron chi connectivity index (χ4n) is 2.20. The molecule has 1 aromatic carbocycles. The van der Waals surface area contributed by atoms with E-state index in [0.29, 0.717) is 0 Å². The van der Waals surface area contributed by atoms with Gasteiger partial charge in [0, 0.05) is 37.8 Å². The minimum Gasteiger partial charge on any atom is -0.368 e. The summed E-state index contributed by atoms with van der Waals surface area (Å²) in [7, 11) is 0. The normalized spacial score (nSPS) is 16.2. The smallest absolute Gasteiger partial charge is 0.220 e. The molecule has 0 atom stereocenters. The zero-order valence-electron chi connectivity index (χ0n) is 9.86. The van der Waals surface area contributed by atoms with E-state index in [1.54, 1.807) is 6.20 Å². The molecule has 1 aliphatic rings. The van der Waals surface area contributed by atoms with Crippen molar-refractivity contribution in [2.75, 3.05) is 36.8 Å². The highest BCUT2D eigenvalue weighted by atomic mass is 35.5. The summed E-state index contributed by atoms with van der Waals surface area (Å²) in [5.74, 6) is 0.288. The number of fused-ring (bicyclic) bond motifs is 1. The third-order valence-corrected chi connectivity index (χ3v) is 3.43. The number of nitrogens with two attached hydrogens (primary N) is 1. The van der Waals surface area contributed by atoms with E-state index in [1.165, 1.54) is 0 Å². The largest absolute Gasteiger partial charge is 0.368 e. The first-order valence-electron chi connectivity index (χ1n) is 5.91. The number of nitrogens with zero attached hydrogens (tertiary/aromatic N) is 3. The van der Waals surface area contributed by atoms with E-state index in [0.717, 1.165) is 47.8 Å². The first-order valence-corrected chi connectivity index (χ1v) is 6.29. The predicted octanol–water partition coefficient (Wildman–Crippen LogP) is 1.27. The third-order valence-electron chi connectivity index (χ3n) is 3.12. The monoisotopic (exact) mass is 263 g/mol. The molecular weight excluding hydrogens is 250 g/mol. The molecule has 5 nitrogen and oxygen atoms in total. The van der Waals surface area contributed by atoms with Crippen LogP contribution in [0.1, 0.15) is 0 Å². The van der Waals surface area contributed by atoms with Crippen LogP contribution in [0.3, 0.4) is 0 Å². The summed E-state index contributed by atoms with van der Waals surface area (Å²) in [6.07, 6.45) is 1.70. The van der Waals surface area contributed by atoms with E-state index in [-0.39, 0.29) is 5.95 Å². The second-order valence-corrected chi connectivity index (χ2v) is 4.73. The van der Waals surface area contributed by atoms with Gasteiger partial charge in [-0.15, -0.1) is 0 Å². The number of rotatable bonds is 1. The quantitative estimate of drug-likeness (QED) is 0.811. The number of benzene rings is 1. The maximum Gasteiger partial charge on any atom is 0.220 e. The molecule has 6 heteroatoms. The van der Waals surface area contributed by atoms with Gasteiger partial charge in [0.05, 0.1) is 16.2 Å². The molecule has 1 aliphatic heterocycles. The van der Waals surface area contributed by atoms with Gasteiger partial charge in [-0.3, -0.25) is 0 Å². The SMILES string of the molecule is Nc1ncc2cc(Cl)c(N3CCNCC3)cc2n1. The molecule has 0 radical (unpaired) electrons. The lowest BCUT2D eigenvalue weighted by molar-refractivity contribution is 0.589. The number of aromatic nitrogens is 2. The summed E-state index contributed by atoms with van der Waals surface area (Å²) in [5, 5.41) is 4.96. The molecule has 1 aromatic heterocycles. The summed E-state index contributed by atoms with van der Waals surface area (Å²) in [6.45, 7) is 3.85. The van der Waals surface area contributed by atoms with Crippen molar-refractivity contribution >= 4 is 34.1 Å².